The number of imidazole rings is 1. The van der Waals surface area contributed by atoms with Crippen molar-refractivity contribution in [3.05, 3.63) is 42.5 Å². The molecule has 0 saturated heterocycles. The fourth-order valence-electron chi connectivity index (χ4n) is 1.85. The lowest BCUT2D eigenvalue weighted by Crippen LogP contribution is -2.26. The molecule has 0 atom stereocenters. The SMILES string of the molecule is COc1cccc(N(C)C(=O)c2cn(CCN)cn2)c1. The summed E-state index contributed by atoms with van der Waals surface area (Å²) in [6, 6.07) is 7.31. The Hall–Kier alpha value is -2.34. The molecule has 2 N–H and O–H groups in total. The fraction of sp³-hybridized carbons (Fsp3) is 0.286. The topological polar surface area (TPSA) is 73.4 Å². The first-order valence-electron chi connectivity index (χ1n) is 6.29. The van der Waals surface area contributed by atoms with Crippen LogP contribution in [-0.2, 0) is 6.54 Å². The number of ether oxygens (including phenoxy) is 1. The summed E-state index contributed by atoms with van der Waals surface area (Å²) in [5, 5.41) is 0. The average Bonchev–Trinajstić information content (AvgIpc) is 2.95. The number of benzene rings is 1. The molecule has 0 fully saturated rings. The third-order valence-electron chi connectivity index (χ3n) is 2.98. The molecule has 0 unspecified atom stereocenters. The van der Waals surface area contributed by atoms with Gasteiger partial charge in [-0.2, -0.15) is 0 Å². The van der Waals surface area contributed by atoms with E-state index in [0.29, 0.717) is 24.5 Å². The van der Waals surface area contributed by atoms with Gasteiger partial charge in [-0.1, -0.05) is 6.07 Å². The van der Waals surface area contributed by atoms with Gasteiger partial charge in [0.25, 0.3) is 5.91 Å². The van der Waals surface area contributed by atoms with Crippen molar-refractivity contribution in [1.29, 1.82) is 0 Å². The van der Waals surface area contributed by atoms with Crippen molar-refractivity contribution in [3.8, 4) is 5.75 Å². The zero-order valence-corrected chi connectivity index (χ0v) is 11.6. The maximum Gasteiger partial charge on any atom is 0.278 e. The van der Waals surface area contributed by atoms with E-state index in [1.807, 2.05) is 18.2 Å². The minimum absolute atomic E-state index is 0.172. The van der Waals surface area contributed by atoms with Crippen LogP contribution in [0.2, 0.25) is 0 Å². The predicted octanol–water partition coefficient (Wildman–Crippen LogP) is 1.13. The van der Waals surface area contributed by atoms with Gasteiger partial charge in [-0.3, -0.25) is 4.79 Å². The number of nitrogens with zero attached hydrogens (tertiary/aromatic N) is 3. The average molecular weight is 274 g/mol. The third kappa shape index (κ3) is 2.97. The van der Waals surface area contributed by atoms with Gasteiger partial charge >= 0.3 is 0 Å². The van der Waals surface area contributed by atoms with Crippen LogP contribution in [0.15, 0.2) is 36.8 Å². The van der Waals surface area contributed by atoms with Crippen LogP contribution in [0.5, 0.6) is 5.75 Å². The van der Waals surface area contributed by atoms with Gasteiger partial charge in [-0.25, -0.2) is 4.98 Å². The van der Waals surface area contributed by atoms with Gasteiger partial charge in [0.1, 0.15) is 11.4 Å². The van der Waals surface area contributed by atoms with Gasteiger partial charge in [0.15, 0.2) is 0 Å². The molecule has 1 heterocycles. The number of carbonyl (C=O) groups excluding carboxylic acids is 1. The molecule has 106 valence electrons. The Balaban J connectivity index is 2.18. The summed E-state index contributed by atoms with van der Waals surface area (Å²) in [5.41, 5.74) is 6.62. The molecule has 6 heteroatoms. The number of hydrogen-bond donors (Lipinski definition) is 1. The number of nitrogens with two attached hydrogens (primary N) is 1. The second-order valence-corrected chi connectivity index (χ2v) is 4.35. The molecule has 1 aromatic carbocycles. The van der Waals surface area contributed by atoms with Crippen LogP contribution in [0.25, 0.3) is 0 Å². The lowest BCUT2D eigenvalue weighted by molar-refractivity contribution is 0.0988. The standard InChI is InChI=1S/C14H18N4O2/c1-17(11-4-3-5-12(8-11)20-2)14(19)13-9-18(7-6-15)10-16-13/h3-5,8-10H,6-7,15H2,1-2H3. The van der Waals surface area contributed by atoms with Crippen LogP contribution in [-0.4, -0.2) is 36.2 Å². The first-order chi connectivity index (χ1) is 9.65. The second-order valence-electron chi connectivity index (χ2n) is 4.35. The second kappa shape index (κ2) is 6.21. The lowest BCUT2D eigenvalue weighted by Gasteiger charge is -2.16. The smallest absolute Gasteiger partial charge is 0.278 e. The van der Waals surface area contributed by atoms with E-state index < -0.39 is 0 Å². The Morgan fingerprint density at radius 3 is 3.00 bits per heavy atom. The molecule has 0 aliphatic heterocycles. The van der Waals surface area contributed by atoms with E-state index in [1.54, 1.807) is 37.3 Å². The highest BCUT2D eigenvalue weighted by Gasteiger charge is 2.16. The summed E-state index contributed by atoms with van der Waals surface area (Å²) in [5.74, 6) is 0.532. The zero-order chi connectivity index (χ0) is 14.5. The van der Waals surface area contributed by atoms with Crippen molar-refractivity contribution in [2.24, 2.45) is 5.73 Å². The molecule has 0 spiro atoms. The number of rotatable bonds is 5. The van der Waals surface area contributed by atoms with Gasteiger partial charge in [0.2, 0.25) is 0 Å². The minimum atomic E-state index is -0.172. The Morgan fingerprint density at radius 1 is 1.50 bits per heavy atom. The largest absolute Gasteiger partial charge is 0.497 e. The Labute approximate surface area is 117 Å². The highest BCUT2D eigenvalue weighted by molar-refractivity contribution is 6.04. The van der Waals surface area contributed by atoms with E-state index in [0.717, 1.165) is 5.69 Å². The van der Waals surface area contributed by atoms with E-state index in [4.69, 9.17) is 10.5 Å². The molecule has 0 aliphatic rings. The number of methoxy groups -OCH3 is 1. The van der Waals surface area contributed by atoms with Crippen molar-refractivity contribution in [3.63, 3.8) is 0 Å². The minimum Gasteiger partial charge on any atom is -0.497 e. The van der Waals surface area contributed by atoms with Crippen LogP contribution in [0.4, 0.5) is 5.69 Å². The molecule has 0 radical (unpaired) electrons. The van der Waals surface area contributed by atoms with Crippen molar-refractivity contribution in [1.82, 2.24) is 9.55 Å². The maximum atomic E-state index is 12.3. The van der Waals surface area contributed by atoms with Crippen LogP contribution in [0, 0.1) is 0 Å². The number of anilines is 1. The van der Waals surface area contributed by atoms with Gasteiger partial charge in [-0.05, 0) is 12.1 Å². The highest BCUT2D eigenvalue weighted by Crippen LogP contribution is 2.21. The third-order valence-corrected chi connectivity index (χ3v) is 2.98. The van der Waals surface area contributed by atoms with E-state index in [9.17, 15) is 4.79 Å². The van der Waals surface area contributed by atoms with Crippen molar-refractivity contribution in [2.45, 2.75) is 6.54 Å². The van der Waals surface area contributed by atoms with Crippen molar-refractivity contribution >= 4 is 11.6 Å². The van der Waals surface area contributed by atoms with Crippen LogP contribution >= 0.6 is 0 Å². The monoisotopic (exact) mass is 274 g/mol. The van der Waals surface area contributed by atoms with Crippen molar-refractivity contribution < 1.29 is 9.53 Å². The number of amides is 1. The van der Waals surface area contributed by atoms with Gasteiger partial charge < -0.3 is 19.9 Å². The predicted molar refractivity (Wildman–Crippen MR) is 77.0 cm³/mol. The summed E-state index contributed by atoms with van der Waals surface area (Å²) in [4.78, 5) is 18.0. The summed E-state index contributed by atoms with van der Waals surface area (Å²) >= 11 is 0. The first kappa shape index (κ1) is 14.1. The normalized spacial score (nSPS) is 10.3. The molecule has 0 saturated carbocycles. The van der Waals surface area contributed by atoms with E-state index >= 15 is 0 Å². The van der Waals surface area contributed by atoms with Crippen LogP contribution < -0.4 is 15.4 Å². The van der Waals surface area contributed by atoms with E-state index in [-0.39, 0.29) is 5.91 Å². The van der Waals surface area contributed by atoms with Gasteiger partial charge in [-0.15, -0.1) is 0 Å². The lowest BCUT2D eigenvalue weighted by atomic mass is 10.2. The number of aromatic nitrogens is 2. The molecule has 1 amide bonds. The fourth-order valence-corrected chi connectivity index (χ4v) is 1.85. The summed E-state index contributed by atoms with van der Waals surface area (Å²) in [6.07, 6.45) is 3.31. The molecular formula is C14H18N4O2. The Morgan fingerprint density at radius 2 is 2.30 bits per heavy atom. The Kier molecular flexibility index (Phi) is 4.37. The van der Waals surface area contributed by atoms with Gasteiger partial charge in [0.05, 0.1) is 13.4 Å². The molecule has 0 aliphatic carbocycles. The molecule has 20 heavy (non-hydrogen) atoms. The molecule has 2 rings (SSSR count). The highest BCUT2D eigenvalue weighted by atomic mass is 16.5. The maximum absolute atomic E-state index is 12.3. The molecule has 1 aromatic heterocycles. The summed E-state index contributed by atoms with van der Waals surface area (Å²) in [7, 11) is 3.30. The molecule has 0 bridgehead atoms. The van der Waals surface area contributed by atoms with E-state index in [2.05, 4.69) is 4.98 Å². The molecule has 6 nitrogen and oxygen atoms in total. The first-order valence-corrected chi connectivity index (χ1v) is 6.29. The zero-order valence-electron chi connectivity index (χ0n) is 11.6. The number of carbonyl (C=O) groups is 1. The molecular weight excluding hydrogens is 256 g/mol. The number of hydrogen-bond acceptors (Lipinski definition) is 4. The molecule has 2 aromatic rings. The van der Waals surface area contributed by atoms with E-state index in [1.165, 1.54) is 4.90 Å². The van der Waals surface area contributed by atoms with Gasteiger partial charge in [0, 0.05) is 38.1 Å². The van der Waals surface area contributed by atoms with Crippen LogP contribution in [0.3, 0.4) is 0 Å². The Bertz CT molecular complexity index is 594. The quantitative estimate of drug-likeness (QED) is 0.887. The summed E-state index contributed by atoms with van der Waals surface area (Å²) in [6.45, 7) is 1.15. The van der Waals surface area contributed by atoms with Crippen LogP contribution in [0.1, 0.15) is 10.5 Å². The summed E-state index contributed by atoms with van der Waals surface area (Å²) < 4.78 is 6.95. The van der Waals surface area contributed by atoms with Crippen molar-refractivity contribution in [2.75, 3.05) is 25.6 Å².